The Labute approximate surface area is 112 Å². The number of primary amides is 1. The maximum atomic E-state index is 12.2. The van der Waals surface area contributed by atoms with E-state index >= 15 is 0 Å². The largest absolute Gasteiger partial charge is 0.395 e. The van der Waals surface area contributed by atoms with Crippen molar-refractivity contribution in [1.82, 2.24) is 4.90 Å². The standard InChI is InChI=1S/C13H19N3O3/c1-9(2)16(7-8-17)12(18)10-3-5-11(6-4-10)15-13(14)19/h3-6,9,17H,7-8H2,1-2H3,(H3,14,15,19). The van der Waals surface area contributed by atoms with Crippen LogP contribution in [0.15, 0.2) is 24.3 Å². The van der Waals surface area contributed by atoms with Crippen molar-refractivity contribution in [2.24, 2.45) is 5.73 Å². The molecule has 0 heterocycles. The van der Waals surface area contributed by atoms with Gasteiger partial charge in [0.1, 0.15) is 0 Å². The summed E-state index contributed by atoms with van der Waals surface area (Å²) in [5, 5.41) is 11.4. The van der Waals surface area contributed by atoms with Crippen molar-refractivity contribution in [3.8, 4) is 0 Å². The van der Waals surface area contributed by atoms with Crippen LogP contribution in [0.25, 0.3) is 0 Å². The number of urea groups is 1. The molecule has 0 aromatic heterocycles. The summed E-state index contributed by atoms with van der Waals surface area (Å²) in [6, 6.07) is 5.79. The first-order valence-electron chi connectivity index (χ1n) is 6.04. The fourth-order valence-corrected chi connectivity index (χ4v) is 1.71. The van der Waals surface area contributed by atoms with E-state index in [0.717, 1.165) is 0 Å². The van der Waals surface area contributed by atoms with Gasteiger partial charge < -0.3 is 21.1 Å². The molecule has 19 heavy (non-hydrogen) atoms. The van der Waals surface area contributed by atoms with E-state index in [1.807, 2.05) is 13.8 Å². The third-order valence-corrected chi connectivity index (χ3v) is 2.62. The maximum absolute atomic E-state index is 12.2. The van der Waals surface area contributed by atoms with Gasteiger partial charge in [0.15, 0.2) is 0 Å². The molecule has 0 atom stereocenters. The third kappa shape index (κ3) is 4.26. The summed E-state index contributed by atoms with van der Waals surface area (Å²) >= 11 is 0. The average molecular weight is 265 g/mol. The molecule has 0 saturated heterocycles. The molecule has 104 valence electrons. The number of nitrogens with two attached hydrogens (primary N) is 1. The number of anilines is 1. The zero-order chi connectivity index (χ0) is 14.4. The molecule has 6 nitrogen and oxygen atoms in total. The van der Waals surface area contributed by atoms with E-state index in [1.165, 1.54) is 0 Å². The van der Waals surface area contributed by atoms with Gasteiger partial charge >= 0.3 is 6.03 Å². The monoisotopic (exact) mass is 265 g/mol. The van der Waals surface area contributed by atoms with Gasteiger partial charge in [-0.3, -0.25) is 4.79 Å². The van der Waals surface area contributed by atoms with E-state index in [-0.39, 0.29) is 25.1 Å². The molecule has 1 rings (SSSR count). The van der Waals surface area contributed by atoms with Crippen LogP contribution in [0.5, 0.6) is 0 Å². The first-order valence-corrected chi connectivity index (χ1v) is 6.04. The van der Waals surface area contributed by atoms with Crippen molar-refractivity contribution in [3.05, 3.63) is 29.8 Å². The normalized spacial score (nSPS) is 10.3. The zero-order valence-electron chi connectivity index (χ0n) is 11.1. The van der Waals surface area contributed by atoms with Crippen molar-refractivity contribution >= 4 is 17.6 Å². The molecule has 0 saturated carbocycles. The lowest BCUT2D eigenvalue weighted by Gasteiger charge is -2.26. The van der Waals surface area contributed by atoms with Crippen LogP contribution < -0.4 is 11.1 Å². The molecule has 4 N–H and O–H groups in total. The number of aliphatic hydroxyl groups is 1. The second-order valence-electron chi connectivity index (χ2n) is 4.38. The Morgan fingerprint density at radius 2 is 1.89 bits per heavy atom. The van der Waals surface area contributed by atoms with Crippen molar-refractivity contribution in [3.63, 3.8) is 0 Å². The van der Waals surface area contributed by atoms with Crippen LogP contribution in [0.2, 0.25) is 0 Å². The van der Waals surface area contributed by atoms with Gasteiger partial charge in [0.25, 0.3) is 5.91 Å². The first kappa shape index (κ1) is 15.0. The predicted octanol–water partition coefficient (Wildman–Crippen LogP) is 1.02. The van der Waals surface area contributed by atoms with Gasteiger partial charge in [-0.2, -0.15) is 0 Å². The summed E-state index contributed by atoms with van der Waals surface area (Å²) in [6.07, 6.45) is 0. The van der Waals surface area contributed by atoms with Gasteiger partial charge in [0, 0.05) is 23.8 Å². The summed E-state index contributed by atoms with van der Waals surface area (Å²) in [4.78, 5) is 24.5. The van der Waals surface area contributed by atoms with Crippen LogP contribution in [-0.2, 0) is 0 Å². The van der Waals surface area contributed by atoms with Crippen LogP contribution >= 0.6 is 0 Å². The number of aliphatic hydroxyl groups excluding tert-OH is 1. The molecule has 0 spiro atoms. The number of carbonyl (C=O) groups excluding carboxylic acids is 2. The fourth-order valence-electron chi connectivity index (χ4n) is 1.71. The van der Waals surface area contributed by atoms with Crippen LogP contribution in [0, 0.1) is 0 Å². The molecular weight excluding hydrogens is 246 g/mol. The molecule has 1 aromatic carbocycles. The number of nitrogens with zero attached hydrogens (tertiary/aromatic N) is 1. The van der Waals surface area contributed by atoms with Gasteiger partial charge in [0.2, 0.25) is 0 Å². The van der Waals surface area contributed by atoms with Gasteiger partial charge in [-0.15, -0.1) is 0 Å². The van der Waals surface area contributed by atoms with Gasteiger partial charge in [-0.05, 0) is 38.1 Å². The van der Waals surface area contributed by atoms with Crippen molar-refractivity contribution in [1.29, 1.82) is 0 Å². The molecule has 0 radical (unpaired) electrons. The maximum Gasteiger partial charge on any atom is 0.316 e. The van der Waals surface area contributed by atoms with Crippen molar-refractivity contribution in [2.45, 2.75) is 19.9 Å². The van der Waals surface area contributed by atoms with Gasteiger partial charge in [0.05, 0.1) is 6.61 Å². The lowest BCUT2D eigenvalue weighted by molar-refractivity contribution is 0.0665. The second-order valence-corrected chi connectivity index (χ2v) is 4.38. The van der Waals surface area contributed by atoms with Gasteiger partial charge in [-0.1, -0.05) is 0 Å². The molecule has 0 aliphatic rings. The summed E-state index contributed by atoms with van der Waals surface area (Å²) < 4.78 is 0. The Kier molecular flexibility index (Phi) is 5.32. The van der Waals surface area contributed by atoms with Gasteiger partial charge in [-0.25, -0.2) is 4.79 Å². The summed E-state index contributed by atoms with van der Waals surface area (Å²) in [7, 11) is 0. The quantitative estimate of drug-likeness (QED) is 0.741. The minimum absolute atomic E-state index is 0.00284. The van der Waals surface area contributed by atoms with Crippen LogP contribution in [0.3, 0.4) is 0 Å². The minimum atomic E-state index is -0.650. The number of hydrogen-bond acceptors (Lipinski definition) is 3. The lowest BCUT2D eigenvalue weighted by atomic mass is 10.1. The van der Waals surface area contributed by atoms with E-state index in [9.17, 15) is 9.59 Å². The first-order chi connectivity index (χ1) is 8.95. The smallest absolute Gasteiger partial charge is 0.316 e. The second kappa shape index (κ2) is 6.75. The topological polar surface area (TPSA) is 95.7 Å². The predicted molar refractivity (Wildman–Crippen MR) is 72.9 cm³/mol. The van der Waals surface area contributed by atoms with E-state index in [1.54, 1.807) is 29.2 Å². The number of benzene rings is 1. The number of hydrogen-bond donors (Lipinski definition) is 3. The number of carbonyl (C=O) groups is 2. The van der Waals surface area contributed by atoms with Crippen molar-refractivity contribution in [2.75, 3.05) is 18.5 Å². The molecule has 3 amide bonds. The van der Waals surface area contributed by atoms with Crippen molar-refractivity contribution < 1.29 is 14.7 Å². The highest BCUT2D eigenvalue weighted by atomic mass is 16.3. The molecule has 0 unspecified atom stereocenters. The SMILES string of the molecule is CC(C)N(CCO)C(=O)c1ccc(NC(N)=O)cc1. The Balaban J connectivity index is 2.84. The van der Waals surface area contributed by atoms with E-state index in [0.29, 0.717) is 11.3 Å². The fraction of sp³-hybridized carbons (Fsp3) is 0.385. The summed E-state index contributed by atoms with van der Waals surface area (Å²) in [6.45, 7) is 3.98. The molecule has 1 aromatic rings. The Morgan fingerprint density at radius 1 is 1.32 bits per heavy atom. The Hall–Kier alpha value is -2.08. The molecule has 0 fully saturated rings. The molecule has 6 heteroatoms. The molecular formula is C13H19N3O3. The van der Waals surface area contributed by atoms with E-state index in [2.05, 4.69) is 5.32 Å². The van der Waals surface area contributed by atoms with Crippen LogP contribution in [0.4, 0.5) is 10.5 Å². The number of rotatable bonds is 5. The molecule has 0 aliphatic heterocycles. The lowest BCUT2D eigenvalue weighted by Crippen LogP contribution is -2.39. The molecule has 0 aliphatic carbocycles. The third-order valence-electron chi connectivity index (χ3n) is 2.62. The molecule has 0 bridgehead atoms. The summed E-state index contributed by atoms with van der Waals surface area (Å²) in [5.41, 5.74) is 6.02. The minimum Gasteiger partial charge on any atom is -0.395 e. The highest BCUT2D eigenvalue weighted by Crippen LogP contribution is 2.13. The average Bonchev–Trinajstić information content (AvgIpc) is 2.35. The highest BCUT2D eigenvalue weighted by molar-refractivity contribution is 5.95. The van der Waals surface area contributed by atoms with Crippen LogP contribution in [-0.4, -0.2) is 41.1 Å². The number of amides is 3. The zero-order valence-corrected chi connectivity index (χ0v) is 11.1. The number of nitrogens with one attached hydrogen (secondary N) is 1. The highest BCUT2D eigenvalue weighted by Gasteiger charge is 2.17. The van der Waals surface area contributed by atoms with E-state index in [4.69, 9.17) is 10.8 Å². The summed E-state index contributed by atoms with van der Waals surface area (Å²) in [5.74, 6) is -0.158. The Bertz CT molecular complexity index is 443. The van der Waals surface area contributed by atoms with Crippen LogP contribution in [0.1, 0.15) is 24.2 Å². The van der Waals surface area contributed by atoms with E-state index < -0.39 is 6.03 Å². The Morgan fingerprint density at radius 3 is 2.32 bits per heavy atom.